The Labute approximate surface area is 91.3 Å². The van der Waals surface area contributed by atoms with E-state index in [1.807, 2.05) is 0 Å². The van der Waals surface area contributed by atoms with Gasteiger partial charge in [-0.25, -0.2) is 0 Å². The first-order chi connectivity index (χ1) is 7.45. The Morgan fingerprint density at radius 1 is 1.25 bits per heavy atom. The highest BCUT2D eigenvalue weighted by molar-refractivity contribution is 5.67. The average Bonchev–Trinajstić information content (AvgIpc) is 2.25. The van der Waals surface area contributed by atoms with E-state index in [2.05, 4.69) is 11.3 Å². The number of hydrogen-bond acceptors (Lipinski definition) is 2. The van der Waals surface area contributed by atoms with Crippen molar-refractivity contribution in [1.29, 1.82) is 0 Å². The van der Waals surface area contributed by atoms with Gasteiger partial charge >= 0.3 is 6.18 Å². The van der Waals surface area contributed by atoms with Crippen LogP contribution in [0.5, 0.6) is 5.75 Å². The maximum absolute atomic E-state index is 12.3. The summed E-state index contributed by atoms with van der Waals surface area (Å²) in [4.78, 5) is 0. The minimum atomic E-state index is -4.41. The maximum Gasteiger partial charge on any atom is 0.416 e. The Bertz CT molecular complexity index is 354. The molecule has 0 amide bonds. The highest BCUT2D eigenvalue weighted by atomic mass is 19.4. The lowest BCUT2D eigenvalue weighted by Gasteiger charge is -2.10. The van der Waals surface area contributed by atoms with Gasteiger partial charge in [-0.2, -0.15) is 13.2 Å². The van der Waals surface area contributed by atoms with Gasteiger partial charge in [0, 0.05) is 7.11 Å². The summed E-state index contributed by atoms with van der Waals surface area (Å²) in [5.74, 6) is 0.445. The standard InChI is InChI=1S/C11H11F3O2/c1-8(11(12,13)14)9-3-5-10(6-4-9)16-7-15-2/h3-6H,1,7H2,2H3. The van der Waals surface area contributed by atoms with Gasteiger partial charge < -0.3 is 9.47 Å². The van der Waals surface area contributed by atoms with Crippen LogP contribution in [-0.2, 0) is 4.74 Å². The normalized spacial score (nSPS) is 11.2. The SMILES string of the molecule is C=C(c1ccc(OCOC)cc1)C(F)(F)F. The number of hydrogen-bond donors (Lipinski definition) is 0. The summed E-state index contributed by atoms with van der Waals surface area (Å²) >= 11 is 0. The first-order valence-electron chi connectivity index (χ1n) is 4.43. The maximum atomic E-state index is 12.3. The van der Waals surface area contributed by atoms with Crippen molar-refractivity contribution >= 4 is 5.57 Å². The van der Waals surface area contributed by atoms with Crippen molar-refractivity contribution in [1.82, 2.24) is 0 Å². The molecular formula is C11H11F3O2. The van der Waals surface area contributed by atoms with E-state index >= 15 is 0 Å². The van der Waals surface area contributed by atoms with E-state index in [1.54, 1.807) is 0 Å². The van der Waals surface area contributed by atoms with E-state index in [0.29, 0.717) is 5.75 Å². The Hall–Kier alpha value is -1.49. The summed E-state index contributed by atoms with van der Waals surface area (Å²) < 4.78 is 46.6. The predicted molar refractivity (Wildman–Crippen MR) is 54.0 cm³/mol. The van der Waals surface area contributed by atoms with Gasteiger partial charge in [0.05, 0.1) is 5.57 Å². The van der Waals surface area contributed by atoms with Crippen LogP contribution in [0.3, 0.4) is 0 Å². The quantitative estimate of drug-likeness (QED) is 0.742. The van der Waals surface area contributed by atoms with Crippen LogP contribution in [0, 0.1) is 0 Å². The fraction of sp³-hybridized carbons (Fsp3) is 0.273. The van der Waals surface area contributed by atoms with Gasteiger partial charge in [0.25, 0.3) is 0 Å². The number of alkyl halides is 3. The lowest BCUT2D eigenvalue weighted by atomic mass is 10.1. The number of rotatable bonds is 4. The third-order valence-electron chi connectivity index (χ3n) is 1.89. The molecule has 0 fully saturated rings. The smallest absolute Gasteiger partial charge is 0.416 e. The number of allylic oxidation sites excluding steroid dienone is 1. The fourth-order valence-corrected chi connectivity index (χ4v) is 1.04. The molecule has 0 aliphatic heterocycles. The minimum Gasteiger partial charge on any atom is -0.468 e. The van der Waals surface area contributed by atoms with Gasteiger partial charge in [0.2, 0.25) is 0 Å². The third kappa shape index (κ3) is 3.27. The van der Waals surface area contributed by atoms with E-state index in [-0.39, 0.29) is 12.4 Å². The van der Waals surface area contributed by atoms with Crippen LogP contribution in [0.2, 0.25) is 0 Å². The number of ether oxygens (including phenoxy) is 2. The highest BCUT2D eigenvalue weighted by Crippen LogP contribution is 2.32. The first-order valence-corrected chi connectivity index (χ1v) is 4.43. The Morgan fingerprint density at radius 2 is 1.81 bits per heavy atom. The van der Waals surface area contributed by atoms with Crippen LogP contribution < -0.4 is 4.74 Å². The van der Waals surface area contributed by atoms with Crippen molar-refractivity contribution < 1.29 is 22.6 Å². The second-order valence-corrected chi connectivity index (χ2v) is 3.05. The van der Waals surface area contributed by atoms with Gasteiger partial charge in [-0.05, 0) is 17.7 Å². The Balaban J connectivity index is 2.75. The number of benzene rings is 1. The lowest BCUT2D eigenvalue weighted by molar-refractivity contribution is -0.0686. The summed E-state index contributed by atoms with van der Waals surface area (Å²) in [7, 11) is 1.46. The molecule has 0 aliphatic rings. The van der Waals surface area contributed by atoms with Crippen molar-refractivity contribution in [3.05, 3.63) is 36.4 Å². The van der Waals surface area contributed by atoms with Gasteiger partial charge in [-0.1, -0.05) is 18.7 Å². The summed E-state index contributed by atoms with van der Waals surface area (Å²) in [5.41, 5.74) is -0.844. The molecule has 2 nitrogen and oxygen atoms in total. The average molecular weight is 232 g/mol. The van der Waals surface area contributed by atoms with Crippen molar-refractivity contribution in [2.75, 3.05) is 13.9 Å². The van der Waals surface area contributed by atoms with Crippen LogP contribution in [0.15, 0.2) is 30.8 Å². The molecule has 0 unspecified atom stereocenters. The molecule has 0 saturated carbocycles. The second-order valence-electron chi connectivity index (χ2n) is 3.05. The second kappa shape index (κ2) is 5.03. The summed E-state index contributed by atoms with van der Waals surface area (Å²) in [6.45, 7) is 3.05. The summed E-state index contributed by atoms with van der Waals surface area (Å²) in [6.07, 6.45) is -4.41. The van der Waals surface area contributed by atoms with Crippen molar-refractivity contribution in [3.8, 4) is 5.75 Å². The molecule has 1 rings (SSSR count). The van der Waals surface area contributed by atoms with E-state index in [0.717, 1.165) is 0 Å². The fourth-order valence-electron chi connectivity index (χ4n) is 1.04. The van der Waals surface area contributed by atoms with Crippen molar-refractivity contribution in [2.24, 2.45) is 0 Å². The highest BCUT2D eigenvalue weighted by Gasteiger charge is 2.32. The van der Waals surface area contributed by atoms with Crippen LogP contribution in [0.1, 0.15) is 5.56 Å². The summed E-state index contributed by atoms with van der Waals surface area (Å²) in [6, 6.07) is 5.48. The van der Waals surface area contributed by atoms with Crippen LogP contribution >= 0.6 is 0 Å². The van der Waals surface area contributed by atoms with Crippen molar-refractivity contribution in [3.63, 3.8) is 0 Å². The molecular weight excluding hydrogens is 221 g/mol. The Kier molecular flexibility index (Phi) is 3.95. The monoisotopic (exact) mass is 232 g/mol. The molecule has 0 aliphatic carbocycles. The van der Waals surface area contributed by atoms with E-state index in [1.165, 1.54) is 31.4 Å². The van der Waals surface area contributed by atoms with Crippen LogP contribution in [0.25, 0.3) is 5.57 Å². The van der Waals surface area contributed by atoms with Gasteiger partial charge in [0.15, 0.2) is 6.79 Å². The molecule has 0 heterocycles. The van der Waals surface area contributed by atoms with Crippen LogP contribution in [0.4, 0.5) is 13.2 Å². The molecule has 5 heteroatoms. The van der Waals surface area contributed by atoms with E-state index < -0.39 is 11.7 Å². The number of halogens is 3. The zero-order valence-electron chi connectivity index (χ0n) is 8.67. The van der Waals surface area contributed by atoms with E-state index in [4.69, 9.17) is 4.74 Å². The first kappa shape index (κ1) is 12.6. The summed E-state index contributed by atoms with van der Waals surface area (Å²) in [5, 5.41) is 0. The number of methoxy groups -OCH3 is 1. The molecule has 0 aromatic heterocycles. The molecule has 0 saturated heterocycles. The van der Waals surface area contributed by atoms with Gasteiger partial charge in [-0.3, -0.25) is 0 Å². The topological polar surface area (TPSA) is 18.5 Å². The molecule has 88 valence electrons. The van der Waals surface area contributed by atoms with E-state index in [9.17, 15) is 13.2 Å². The molecule has 0 bridgehead atoms. The zero-order chi connectivity index (χ0) is 12.2. The van der Waals surface area contributed by atoms with Gasteiger partial charge in [-0.15, -0.1) is 0 Å². The largest absolute Gasteiger partial charge is 0.468 e. The molecule has 0 spiro atoms. The molecule has 0 radical (unpaired) electrons. The molecule has 16 heavy (non-hydrogen) atoms. The minimum absolute atomic E-state index is 0.0252. The molecule has 1 aromatic carbocycles. The Morgan fingerprint density at radius 3 is 2.25 bits per heavy atom. The molecule has 0 atom stereocenters. The zero-order valence-corrected chi connectivity index (χ0v) is 8.67. The predicted octanol–water partition coefficient (Wildman–Crippen LogP) is 3.24. The van der Waals surface area contributed by atoms with Crippen molar-refractivity contribution in [2.45, 2.75) is 6.18 Å². The lowest BCUT2D eigenvalue weighted by Crippen LogP contribution is -2.09. The van der Waals surface area contributed by atoms with Crippen LogP contribution in [-0.4, -0.2) is 20.1 Å². The van der Waals surface area contributed by atoms with Gasteiger partial charge in [0.1, 0.15) is 5.75 Å². The molecule has 0 N–H and O–H groups in total. The third-order valence-corrected chi connectivity index (χ3v) is 1.89. The molecule has 1 aromatic rings.